The Morgan fingerprint density at radius 2 is 1.82 bits per heavy atom. The lowest BCUT2D eigenvalue weighted by molar-refractivity contribution is -0.135. The zero-order chi connectivity index (χ0) is 16.1. The summed E-state index contributed by atoms with van der Waals surface area (Å²) in [4.78, 5) is 27.0. The van der Waals surface area contributed by atoms with Crippen LogP contribution in [0.15, 0.2) is 24.3 Å². The Kier molecular flexibility index (Phi) is 5.58. The minimum absolute atomic E-state index is 0.0516. The second kappa shape index (κ2) is 7.43. The van der Waals surface area contributed by atoms with Gasteiger partial charge >= 0.3 is 0 Å². The molecule has 1 N–H and O–H groups in total. The van der Waals surface area contributed by atoms with E-state index in [0.29, 0.717) is 5.56 Å². The molecule has 0 spiro atoms. The third-order valence-corrected chi connectivity index (χ3v) is 4.17. The average Bonchev–Trinajstić information content (AvgIpc) is 2.52. The fourth-order valence-electron chi connectivity index (χ4n) is 2.84. The number of hydrogen-bond acceptors (Lipinski definition) is 2. The van der Waals surface area contributed by atoms with Gasteiger partial charge in [-0.05, 0) is 44.2 Å². The smallest absolute Gasteiger partial charge is 0.251 e. The lowest BCUT2D eigenvalue weighted by Gasteiger charge is -2.32. The van der Waals surface area contributed by atoms with Crippen LogP contribution in [0.5, 0.6) is 0 Å². The number of rotatable bonds is 4. The zero-order valence-corrected chi connectivity index (χ0v) is 13.8. The molecular formula is C18H26N2O2. The van der Waals surface area contributed by atoms with Crippen LogP contribution in [0, 0.1) is 12.8 Å². The molecule has 1 aromatic rings. The summed E-state index contributed by atoms with van der Waals surface area (Å²) in [6.07, 6.45) is 3.30. The average molecular weight is 302 g/mol. The van der Waals surface area contributed by atoms with Crippen LogP contribution in [0.2, 0.25) is 0 Å². The van der Waals surface area contributed by atoms with E-state index in [1.165, 1.54) is 6.42 Å². The van der Waals surface area contributed by atoms with Crippen molar-refractivity contribution in [3.63, 3.8) is 0 Å². The van der Waals surface area contributed by atoms with Gasteiger partial charge in [-0.1, -0.05) is 31.5 Å². The zero-order valence-electron chi connectivity index (χ0n) is 13.8. The summed E-state index contributed by atoms with van der Waals surface area (Å²) in [5.74, 6) is -0.0494. The van der Waals surface area contributed by atoms with Gasteiger partial charge in [0.05, 0.1) is 0 Å². The number of likely N-dealkylation sites (tertiary alicyclic amines) is 1. The Morgan fingerprint density at radius 1 is 1.14 bits per heavy atom. The van der Waals surface area contributed by atoms with Gasteiger partial charge in [0.25, 0.3) is 5.91 Å². The van der Waals surface area contributed by atoms with Crippen LogP contribution in [-0.2, 0) is 4.79 Å². The third kappa shape index (κ3) is 4.09. The Labute approximate surface area is 132 Å². The molecule has 2 rings (SSSR count). The highest BCUT2D eigenvalue weighted by molar-refractivity contribution is 5.97. The van der Waals surface area contributed by atoms with Gasteiger partial charge in [0.15, 0.2) is 0 Å². The van der Waals surface area contributed by atoms with Crippen LogP contribution in [0.4, 0.5) is 0 Å². The van der Waals surface area contributed by atoms with Gasteiger partial charge in [-0.15, -0.1) is 0 Å². The largest absolute Gasteiger partial charge is 0.341 e. The Balaban J connectivity index is 2.08. The fourth-order valence-corrected chi connectivity index (χ4v) is 2.84. The first-order valence-electron chi connectivity index (χ1n) is 8.15. The second-order valence-electron chi connectivity index (χ2n) is 6.45. The van der Waals surface area contributed by atoms with E-state index < -0.39 is 6.04 Å². The van der Waals surface area contributed by atoms with E-state index in [9.17, 15) is 9.59 Å². The highest BCUT2D eigenvalue weighted by Crippen LogP contribution is 2.14. The van der Waals surface area contributed by atoms with E-state index >= 15 is 0 Å². The molecule has 0 unspecified atom stereocenters. The van der Waals surface area contributed by atoms with Crippen molar-refractivity contribution in [3.8, 4) is 0 Å². The minimum atomic E-state index is -0.453. The van der Waals surface area contributed by atoms with E-state index in [1.54, 1.807) is 6.07 Å². The van der Waals surface area contributed by atoms with E-state index in [2.05, 4.69) is 5.32 Å². The maximum absolute atomic E-state index is 12.7. The minimum Gasteiger partial charge on any atom is -0.341 e. The molecule has 4 heteroatoms. The summed E-state index contributed by atoms with van der Waals surface area (Å²) in [7, 11) is 0. The molecule has 2 amide bonds. The van der Waals surface area contributed by atoms with Crippen molar-refractivity contribution in [1.82, 2.24) is 10.2 Å². The van der Waals surface area contributed by atoms with Crippen molar-refractivity contribution in [2.75, 3.05) is 13.1 Å². The summed E-state index contributed by atoms with van der Waals surface area (Å²) in [5.41, 5.74) is 1.65. The molecule has 0 bridgehead atoms. The van der Waals surface area contributed by atoms with Gasteiger partial charge in [0, 0.05) is 18.7 Å². The molecule has 1 saturated heterocycles. The number of carbonyl (C=O) groups excluding carboxylic acids is 2. The van der Waals surface area contributed by atoms with E-state index in [-0.39, 0.29) is 17.7 Å². The molecule has 0 aliphatic carbocycles. The van der Waals surface area contributed by atoms with Crippen molar-refractivity contribution in [1.29, 1.82) is 0 Å². The summed E-state index contributed by atoms with van der Waals surface area (Å²) in [6, 6.07) is 6.99. The second-order valence-corrected chi connectivity index (χ2v) is 6.45. The predicted molar refractivity (Wildman–Crippen MR) is 87.7 cm³/mol. The molecule has 4 nitrogen and oxygen atoms in total. The summed E-state index contributed by atoms with van der Waals surface area (Å²) < 4.78 is 0. The quantitative estimate of drug-likeness (QED) is 0.929. The van der Waals surface area contributed by atoms with Crippen LogP contribution in [-0.4, -0.2) is 35.8 Å². The number of benzene rings is 1. The SMILES string of the molecule is Cc1cccc(C(=O)N[C@H](C(=O)N2CCCCC2)C(C)C)c1. The lowest BCUT2D eigenvalue weighted by Crippen LogP contribution is -2.52. The van der Waals surface area contributed by atoms with Crippen molar-refractivity contribution in [2.45, 2.75) is 46.1 Å². The van der Waals surface area contributed by atoms with Crippen molar-refractivity contribution >= 4 is 11.8 Å². The highest BCUT2D eigenvalue weighted by Gasteiger charge is 2.29. The summed E-state index contributed by atoms with van der Waals surface area (Å²) in [5, 5.41) is 2.93. The molecule has 120 valence electrons. The van der Waals surface area contributed by atoms with Crippen molar-refractivity contribution in [3.05, 3.63) is 35.4 Å². The summed E-state index contributed by atoms with van der Waals surface area (Å²) >= 11 is 0. The van der Waals surface area contributed by atoms with Crippen molar-refractivity contribution in [2.24, 2.45) is 5.92 Å². The number of nitrogens with zero attached hydrogens (tertiary/aromatic N) is 1. The standard InChI is InChI=1S/C18H26N2O2/c1-13(2)16(18(22)20-10-5-4-6-11-20)19-17(21)15-9-7-8-14(3)12-15/h7-9,12-13,16H,4-6,10-11H2,1-3H3,(H,19,21)/t16-/m0/s1. The Morgan fingerprint density at radius 3 is 2.41 bits per heavy atom. The predicted octanol–water partition coefficient (Wildman–Crippen LogP) is 2.76. The van der Waals surface area contributed by atoms with Gasteiger partial charge in [-0.25, -0.2) is 0 Å². The van der Waals surface area contributed by atoms with Gasteiger partial charge in [0.2, 0.25) is 5.91 Å². The number of aryl methyl sites for hydroxylation is 1. The number of nitrogens with one attached hydrogen (secondary N) is 1. The highest BCUT2D eigenvalue weighted by atomic mass is 16.2. The first-order chi connectivity index (χ1) is 10.5. The van der Waals surface area contributed by atoms with Gasteiger partial charge in [-0.3, -0.25) is 9.59 Å². The van der Waals surface area contributed by atoms with Gasteiger partial charge in [0.1, 0.15) is 6.04 Å². The molecule has 1 aliphatic rings. The Hall–Kier alpha value is -1.84. The number of amides is 2. The van der Waals surface area contributed by atoms with E-state index in [4.69, 9.17) is 0 Å². The molecule has 1 fully saturated rings. The molecule has 0 radical (unpaired) electrons. The fraction of sp³-hybridized carbons (Fsp3) is 0.556. The van der Waals surface area contributed by atoms with Crippen LogP contribution in [0.1, 0.15) is 49.0 Å². The molecule has 0 aromatic heterocycles. The molecular weight excluding hydrogens is 276 g/mol. The monoisotopic (exact) mass is 302 g/mol. The molecule has 1 atom stereocenters. The van der Waals surface area contributed by atoms with E-state index in [1.807, 2.05) is 43.9 Å². The maximum atomic E-state index is 12.7. The Bertz CT molecular complexity index is 534. The first kappa shape index (κ1) is 16.5. The first-order valence-corrected chi connectivity index (χ1v) is 8.15. The molecule has 1 heterocycles. The van der Waals surface area contributed by atoms with E-state index in [0.717, 1.165) is 31.5 Å². The molecule has 0 saturated carbocycles. The number of carbonyl (C=O) groups is 2. The normalized spacial score (nSPS) is 16.5. The van der Waals surface area contributed by atoms with Gasteiger partial charge in [-0.2, -0.15) is 0 Å². The van der Waals surface area contributed by atoms with Crippen LogP contribution < -0.4 is 5.32 Å². The molecule has 1 aromatic carbocycles. The third-order valence-electron chi connectivity index (χ3n) is 4.17. The number of piperidine rings is 1. The topological polar surface area (TPSA) is 49.4 Å². The summed E-state index contributed by atoms with van der Waals surface area (Å²) in [6.45, 7) is 7.52. The van der Waals surface area contributed by atoms with Crippen molar-refractivity contribution < 1.29 is 9.59 Å². The molecule has 22 heavy (non-hydrogen) atoms. The number of hydrogen-bond donors (Lipinski definition) is 1. The molecule has 1 aliphatic heterocycles. The van der Waals surface area contributed by atoms with Crippen LogP contribution in [0.3, 0.4) is 0 Å². The lowest BCUT2D eigenvalue weighted by atomic mass is 10.0. The van der Waals surface area contributed by atoms with Gasteiger partial charge < -0.3 is 10.2 Å². The van der Waals surface area contributed by atoms with Crippen LogP contribution >= 0.6 is 0 Å². The van der Waals surface area contributed by atoms with Crippen LogP contribution in [0.25, 0.3) is 0 Å². The maximum Gasteiger partial charge on any atom is 0.251 e.